The fraction of sp³-hybridized carbons (Fsp3) is 0.381. The average molecular weight is 356 g/mol. The number of aliphatic hydroxyl groups excluding tert-OH is 1. The number of hydrogen-bond donors (Lipinski definition) is 1. The van der Waals surface area contributed by atoms with Gasteiger partial charge >= 0.3 is 5.97 Å². The second kappa shape index (κ2) is 7.00. The third kappa shape index (κ3) is 3.03. The molecule has 1 aliphatic carbocycles. The van der Waals surface area contributed by atoms with Crippen molar-refractivity contribution in [3.05, 3.63) is 46.2 Å². The molecular formula is C21H24O5. The Kier molecular flexibility index (Phi) is 4.92. The number of benzene rings is 1. The minimum atomic E-state index is -0.607. The summed E-state index contributed by atoms with van der Waals surface area (Å²) in [4.78, 5) is 12.0. The van der Waals surface area contributed by atoms with Gasteiger partial charge in [-0.3, -0.25) is 0 Å². The van der Waals surface area contributed by atoms with Crippen LogP contribution in [0.5, 0.6) is 5.75 Å². The van der Waals surface area contributed by atoms with E-state index in [1.54, 1.807) is 19.4 Å². The van der Waals surface area contributed by atoms with Crippen molar-refractivity contribution in [1.82, 2.24) is 0 Å². The number of methoxy groups -OCH3 is 1. The van der Waals surface area contributed by atoms with Crippen LogP contribution in [0.15, 0.2) is 28.4 Å². The maximum absolute atomic E-state index is 12.0. The van der Waals surface area contributed by atoms with Gasteiger partial charge in [-0.25, -0.2) is 4.79 Å². The molecule has 0 radical (unpaired) electrons. The van der Waals surface area contributed by atoms with Crippen LogP contribution in [0.1, 0.15) is 48.9 Å². The highest BCUT2D eigenvalue weighted by Crippen LogP contribution is 2.45. The molecule has 2 aromatic rings. The molecular weight excluding hydrogens is 332 g/mol. The summed E-state index contributed by atoms with van der Waals surface area (Å²) < 4.78 is 16.8. The maximum atomic E-state index is 12.0. The van der Waals surface area contributed by atoms with Crippen LogP contribution in [0.25, 0.3) is 17.0 Å². The molecule has 0 fully saturated rings. The van der Waals surface area contributed by atoms with E-state index < -0.39 is 6.10 Å². The zero-order valence-corrected chi connectivity index (χ0v) is 15.8. The number of aliphatic hydroxyl groups is 1. The molecule has 1 aromatic carbocycles. The second-order valence-corrected chi connectivity index (χ2v) is 6.93. The molecule has 0 spiro atoms. The number of aryl methyl sites for hydroxylation is 1. The molecule has 0 amide bonds. The summed E-state index contributed by atoms with van der Waals surface area (Å²) in [6.07, 6.45) is 6.12. The monoisotopic (exact) mass is 356 g/mol. The predicted octanol–water partition coefficient (Wildman–Crippen LogP) is 4.25. The molecule has 1 N–H and O–H groups in total. The Morgan fingerprint density at radius 2 is 2.12 bits per heavy atom. The van der Waals surface area contributed by atoms with E-state index in [9.17, 15) is 9.90 Å². The van der Waals surface area contributed by atoms with E-state index in [0.717, 1.165) is 33.2 Å². The standard InChI is InChI=1S/C21H24O5/c1-11(2)8-17(23)25-10-15-18-12(3)9-26-21(18)20(24-5)14-6-7-16(22)13(4)19(14)15/h6-9,13,16,22H,10H2,1-5H3/t13-,16+/m0/s1. The molecule has 0 unspecified atom stereocenters. The summed E-state index contributed by atoms with van der Waals surface area (Å²) in [7, 11) is 1.60. The molecule has 5 heteroatoms. The number of rotatable bonds is 4. The largest absolute Gasteiger partial charge is 0.492 e. The van der Waals surface area contributed by atoms with Gasteiger partial charge in [-0.2, -0.15) is 0 Å². The molecule has 0 aliphatic heterocycles. The highest BCUT2D eigenvalue weighted by atomic mass is 16.5. The van der Waals surface area contributed by atoms with Gasteiger partial charge in [0.1, 0.15) is 6.61 Å². The van der Waals surface area contributed by atoms with E-state index >= 15 is 0 Å². The minimum absolute atomic E-state index is 0.108. The molecule has 5 nitrogen and oxygen atoms in total. The summed E-state index contributed by atoms with van der Waals surface area (Å²) >= 11 is 0. The summed E-state index contributed by atoms with van der Waals surface area (Å²) in [6, 6.07) is 0. The van der Waals surface area contributed by atoms with Crippen molar-refractivity contribution in [2.45, 2.75) is 46.3 Å². The zero-order valence-electron chi connectivity index (χ0n) is 15.8. The first-order valence-corrected chi connectivity index (χ1v) is 8.63. The minimum Gasteiger partial charge on any atom is -0.492 e. The Bertz CT molecular complexity index is 912. The lowest BCUT2D eigenvalue weighted by molar-refractivity contribution is -0.139. The molecule has 138 valence electrons. The molecule has 0 bridgehead atoms. The average Bonchev–Trinajstić information content (AvgIpc) is 2.96. The predicted molar refractivity (Wildman–Crippen MR) is 100 cm³/mol. The van der Waals surface area contributed by atoms with Gasteiger partial charge < -0.3 is 19.0 Å². The van der Waals surface area contributed by atoms with Crippen molar-refractivity contribution in [3.63, 3.8) is 0 Å². The lowest BCUT2D eigenvalue weighted by Gasteiger charge is -2.27. The van der Waals surface area contributed by atoms with Crippen molar-refractivity contribution in [2.24, 2.45) is 0 Å². The third-order valence-electron chi connectivity index (χ3n) is 4.74. The first-order valence-electron chi connectivity index (χ1n) is 8.63. The molecule has 0 saturated heterocycles. The summed E-state index contributed by atoms with van der Waals surface area (Å²) in [5.74, 6) is 0.0978. The molecule has 2 atom stereocenters. The molecule has 1 aromatic heterocycles. The Morgan fingerprint density at radius 1 is 1.38 bits per heavy atom. The molecule has 0 saturated carbocycles. The van der Waals surface area contributed by atoms with E-state index in [4.69, 9.17) is 13.9 Å². The highest BCUT2D eigenvalue weighted by Gasteiger charge is 2.30. The maximum Gasteiger partial charge on any atom is 0.331 e. The van der Waals surface area contributed by atoms with Gasteiger partial charge in [0.25, 0.3) is 0 Å². The fourth-order valence-corrected chi connectivity index (χ4v) is 3.52. The first kappa shape index (κ1) is 18.3. The van der Waals surface area contributed by atoms with Crippen LogP contribution in [0.4, 0.5) is 0 Å². The van der Waals surface area contributed by atoms with Crippen molar-refractivity contribution < 1.29 is 23.8 Å². The number of carbonyl (C=O) groups excluding carboxylic acids is 1. The highest BCUT2D eigenvalue weighted by molar-refractivity contribution is 5.95. The normalized spacial score (nSPS) is 18.5. The quantitative estimate of drug-likeness (QED) is 0.655. The van der Waals surface area contributed by atoms with Gasteiger partial charge in [-0.15, -0.1) is 0 Å². The Balaban J connectivity index is 2.20. The summed E-state index contributed by atoms with van der Waals surface area (Å²) in [6.45, 7) is 7.70. The number of carbonyl (C=O) groups is 1. The summed E-state index contributed by atoms with van der Waals surface area (Å²) in [5.41, 5.74) is 5.09. The Morgan fingerprint density at radius 3 is 2.77 bits per heavy atom. The Labute approximate surface area is 152 Å². The molecule has 1 aliphatic rings. The van der Waals surface area contributed by atoms with Gasteiger partial charge in [0.15, 0.2) is 11.3 Å². The van der Waals surface area contributed by atoms with Crippen molar-refractivity contribution in [1.29, 1.82) is 0 Å². The van der Waals surface area contributed by atoms with Crippen LogP contribution in [0, 0.1) is 6.92 Å². The van der Waals surface area contributed by atoms with E-state index in [-0.39, 0.29) is 18.5 Å². The van der Waals surface area contributed by atoms with Crippen LogP contribution in [-0.4, -0.2) is 24.3 Å². The second-order valence-electron chi connectivity index (χ2n) is 6.93. The van der Waals surface area contributed by atoms with Crippen LogP contribution in [0.3, 0.4) is 0 Å². The van der Waals surface area contributed by atoms with Crippen molar-refractivity contribution >= 4 is 23.0 Å². The topological polar surface area (TPSA) is 68.9 Å². The van der Waals surface area contributed by atoms with Crippen LogP contribution >= 0.6 is 0 Å². The molecule has 3 rings (SSSR count). The third-order valence-corrected chi connectivity index (χ3v) is 4.74. The lowest BCUT2D eigenvalue weighted by Crippen LogP contribution is -2.20. The van der Waals surface area contributed by atoms with Crippen molar-refractivity contribution in [2.75, 3.05) is 7.11 Å². The lowest BCUT2D eigenvalue weighted by atomic mass is 9.81. The van der Waals surface area contributed by atoms with Crippen LogP contribution in [-0.2, 0) is 16.1 Å². The van der Waals surface area contributed by atoms with Gasteiger partial charge in [0.05, 0.1) is 19.5 Å². The van der Waals surface area contributed by atoms with Gasteiger partial charge in [-0.1, -0.05) is 24.6 Å². The van der Waals surface area contributed by atoms with E-state index in [2.05, 4.69) is 0 Å². The molecule has 26 heavy (non-hydrogen) atoms. The number of hydrogen-bond acceptors (Lipinski definition) is 5. The van der Waals surface area contributed by atoms with E-state index in [1.165, 1.54) is 6.08 Å². The number of furan rings is 1. The van der Waals surface area contributed by atoms with E-state index in [0.29, 0.717) is 11.3 Å². The summed E-state index contributed by atoms with van der Waals surface area (Å²) in [5, 5.41) is 11.2. The fourth-order valence-electron chi connectivity index (χ4n) is 3.52. The number of allylic oxidation sites excluding steroid dienone is 1. The van der Waals surface area contributed by atoms with Crippen LogP contribution in [0.2, 0.25) is 0 Å². The Hall–Kier alpha value is -2.53. The number of fused-ring (bicyclic) bond motifs is 2. The SMILES string of the molecule is COc1c2c(c(COC(=O)C=C(C)C)c3c(C)coc13)[C@@H](C)[C@H](O)C=C2. The molecule has 1 heterocycles. The van der Waals surface area contributed by atoms with Gasteiger partial charge in [0, 0.05) is 28.5 Å². The number of esters is 1. The number of ether oxygens (including phenoxy) is 2. The zero-order chi connectivity index (χ0) is 19.0. The van der Waals surface area contributed by atoms with Crippen molar-refractivity contribution in [3.8, 4) is 5.75 Å². The van der Waals surface area contributed by atoms with Gasteiger partial charge in [-0.05, 0) is 31.9 Å². The van der Waals surface area contributed by atoms with Gasteiger partial charge in [0.2, 0.25) is 0 Å². The van der Waals surface area contributed by atoms with Crippen LogP contribution < -0.4 is 4.74 Å². The smallest absolute Gasteiger partial charge is 0.331 e. The first-order chi connectivity index (χ1) is 12.3. The van der Waals surface area contributed by atoms with E-state index in [1.807, 2.05) is 33.8 Å².